The van der Waals surface area contributed by atoms with Crippen molar-refractivity contribution in [2.45, 2.75) is 39.5 Å². The van der Waals surface area contributed by atoms with Gasteiger partial charge in [0, 0.05) is 0 Å². The molecule has 4 nitrogen and oxygen atoms in total. The first kappa shape index (κ1) is 21.4. The normalized spacial score (nSPS) is 11.3. The van der Waals surface area contributed by atoms with Crippen LogP contribution in [0.5, 0.6) is 17.2 Å². The first-order valence-electron chi connectivity index (χ1n) is 9.36. The van der Waals surface area contributed by atoms with Crippen LogP contribution in [0.3, 0.4) is 0 Å². The maximum Gasteiger partial charge on any atom is 0.179 e. The molecule has 0 bridgehead atoms. The fourth-order valence-electron chi connectivity index (χ4n) is 2.69. The second kappa shape index (κ2) is 9.86. The first-order valence-corrected chi connectivity index (χ1v) is 9.74. The van der Waals surface area contributed by atoms with E-state index >= 15 is 0 Å². The van der Waals surface area contributed by atoms with Crippen LogP contribution in [0.1, 0.15) is 38.8 Å². The molecule has 5 heteroatoms. The standard InChI is InChI=1S/C22H30ClNO3/c1-5-25-20-15-16(10-11-24)14-19(23)21(20)27-13-12-26-18-8-6-17(7-9-18)22(2,3)4/h6-9,14-15H,5,10-13,24H2,1-4H3. The lowest BCUT2D eigenvalue weighted by atomic mass is 9.87. The first-order chi connectivity index (χ1) is 12.8. The average Bonchev–Trinajstić information content (AvgIpc) is 2.60. The molecule has 0 radical (unpaired) electrons. The highest BCUT2D eigenvalue weighted by atomic mass is 35.5. The van der Waals surface area contributed by atoms with Gasteiger partial charge in [-0.25, -0.2) is 0 Å². The van der Waals surface area contributed by atoms with E-state index in [0.29, 0.717) is 42.9 Å². The molecular formula is C22H30ClNO3. The molecule has 27 heavy (non-hydrogen) atoms. The van der Waals surface area contributed by atoms with Crippen LogP contribution in [-0.4, -0.2) is 26.4 Å². The Kier molecular flexibility index (Phi) is 7.81. The molecule has 0 spiro atoms. The highest BCUT2D eigenvalue weighted by Gasteiger charge is 2.14. The summed E-state index contributed by atoms with van der Waals surface area (Å²) >= 11 is 6.38. The van der Waals surface area contributed by atoms with Gasteiger partial charge in [-0.1, -0.05) is 44.5 Å². The molecule has 0 aliphatic heterocycles. The van der Waals surface area contributed by atoms with Crippen molar-refractivity contribution < 1.29 is 14.2 Å². The molecule has 0 amide bonds. The van der Waals surface area contributed by atoms with Crippen molar-refractivity contribution in [3.8, 4) is 17.2 Å². The predicted octanol–water partition coefficient (Wildman–Crippen LogP) is 5.00. The summed E-state index contributed by atoms with van der Waals surface area (Å²) in [7, 11) is 0. The maximum atomic E-state index is 6.38. The molecule has 0 aliphatic rings. The van der Waals surface area contributed by atoms with Crippen molar-refractivity contribution >= 4 is 11.6 Å². The van der Waals surface area contributed by atoms with E-state index < -0.39 is 0 Å². The smallest absolute Gasteiger partial charge is 0.179 e. The summed E-state index contributed by atoms with van der Waals surface area (Å²) in [4.78, 5) is 0. The van der Waals surface area contributed by atoms with Gasteiger partial charge in [0.05, 0.1) is 11.6 Å². The predicted molar refractivity (Wildman–Crippen MR) is 112 cm³/mol. The van der Waals surface area contributed by atoms with Crippen molar-refractivity contribution in [1.82, 2.24) is 0 Å². The third-order valence-electron chi connectivity index (χ3n) is 4.12. The number of nitrogens with two attached hydrogens (primary N) is 1. The number of halogens is 1. The van der Waals surface area contributed by atoms with E-state index in [1.54, 1.807) is 0 Å². The number of hydrogen-bond donors (Lipinski definition) is 1. The van der Waals surface area contributed by atoms with Crippen LogP contribution in [0, 0.1) is 0 Å². The zero-order chi connectivity index (χ0) is 19.9. The molecule has 148 valence electrons. The Morgan fingerprint density at radius 1 is 0.963 bits per heavy atom. The minimum atomic E-state index is 0.129. The monoisotopic (exact) mass is 391 g/mol. The third kappa shape index (κ3) is 6.33. The second-order valence-electron chi connectivity index (χ2n) is 7.35. The Hall–Kier alpha value is -1.91. The molecule has 0 saturated carbocycles. The van der Waals surface area contributed by atoms with E-state index in [2.05, 4.69) is 32.9 Å². The van der Waals surface area contributed by atoms with Crippen molar-refractivity contribution in [3.05, 3.63) is 52.5 Å². The van der Waals surface area contributed by atoms with E-state index in [4.69, 9.17) is 31.5 Å². The summed E-state index contributed by atoms with van der Waals surface area (Å²) in [5.74, 6) is 2.01. The minimum Gasteiger partial charge on any atom is -0.490 e. The van der Waals surface area contributed by atoms with Crippen LogP contribution in [0.4, 0.5) is 0 Å². The highest BCUT2D eigenvalue weighted by Crippen LogP contribution is 2.36. The van der Waals surface area contributed by atoms with Crippen molar-refractivity contribution in [1.29, 1.82) is 0 Å². The fourth-order valence-corrected chi connectivity index (χ4v) is 2.98. The average molecular weight is 392 g/mol. The summed E-state index contributed by atoms with van der Waals surface area (Å²) in [5.41, 5.74) is 8.07. The SMILES string of the molecule is CCOc1cc(CCN)cc(Cl)c1OCCOc1ccc(C(C)(C)C)cc1. The number of hydrogen-bond acceptors (Lipinski definition) is 4. The van der Waals surface area contributed by atoms with Gasteiger partial charge >= 0.3 is 0 Å². The fraction of sp³-hybridized carbons (Fsp3) is 0.455. The van der Waals surface area contributed by atoms with E-state index in [0.717, 1.165) is 17.7 Å². The van der Waals surface area contributed by atoms with Gasteiger partial charge in [0.1, 0.15) is 19.0 Å². The number of ether oxygens (including phenoxy) is 3. The van der Waals surface area contributed by atoms with E-state index in [9.17, 15) is 0 Å². The molecule has 0 atom stereocenters. The molecule has 0 aromatic heterocycles. The molecule has 2 N–H and O–H groups in total. The Morgan fingerprint density at radius 2 is 1.63 bits per heavy atom. The maximum absolute atomic E-state index is 6.38. The molecule has 2 rings (SSSR count). The van der Waals surface area contributed by atoms with E-state index in [-0.39, 0.29) is 5.41 Å². The Morgan fingerprint density at radius 3 is 2.22 bits per heavy atom. The zero-order valence-electron chi connectivity index (χ0n) is 16.7. The quantitative estimate of drug-likeness (QED) is 0.611. The molecular weight excluding hydrogens is 362 g/mol. The lowest BCUT2D eigenvalue weighted by Crippen LogP contribution is -2.12. The summed E-state index contributed by atoms with van der Waals surface area (Å²) in [6.45, 7) is 10.4. The molecule has 2 aromatic rings. The van der Waals surface area contributed by atoms with Crippen LogP contribution in [0.25, 0.3) is 0 Å². The lowest BCUT2D eigenvalue weighted by molar-refractivity contribution is 0.208. The molecule has 0 fully saturated rings. The third-order valence-corrected chi connectivity index (χ3v) is 4.40. The topological polar surface area (TPSA) is 53.7 Å². The van der Waals surface area contributed by atoms with Gasteiger partial charge in [-0.3, -0.25) is 0 Å². The van der Waals surface area contributed by atoms with Crippen molar-refractivity contribution in [2.75, 3.05) is 26.4 Å². The van der Waals surface area contributed by atoms with E-state index in [1.807, 2.05) is 31.2 Å². The molecule has 0 heterocycles. The van der Waals surface area contributed by atoms with Crippen molar-refractivity contribution in [3.63, 3.8) is 0 Å². The molecule has 0 aliphatic carbocycles. The van der Waals surface area contributed by atoms with Gasteiger partial charge in [0.2, 0.25) is 0 Å². The summed E-state index contributed by atoms with van der Waals surface area (Å²) in [6, 6.07) is 12.0. The molecule has 0 saturated heterocycles. The minimum absolute atomic E-state index is 0.129. The van der Waals surface area contributed by atoms with Crippen LogP contribution in [-0.2, 0) is 11.8 Å². The zero-order valence-corrected chi connectivity index (χ0v) is 17.4. The molecule has 2 aromatic carbocycles. The van der Waals surface area contributed by atoms with Crippen LogP contribution < -0.4 is 19.9 Å². The van der Waals surface area contributed by atoms with Crippen LogP contribution in [0.2, 0.25) is 5.02 Å². The summed E-state index contributed by atoms with van der Waals surface area (Å²) < 4.78 is 17.3. The van der Waals surface area contributed by atoms with Gasteiger partial charge in [0.25, 0.3) is 0 Å². The molecule has 0 unspecified atom stereocenters. The van der Waals surface area contributed by atoms with E-state index in [1.165, 1.54) is 5.56 Å². The second-order valence-corrected chi connectivity index (χ2v) is 7.76. The Balaban J connectivity index is 1.94. The highest BCUT2D eigenvalue weighted by molar-refractivity contribution is 6.32. The van der Waals surface area contributed by atoms with Gasteiger partial charge < -0.3 is 19.9 Å². The van der Waals surface area contributed by atoms with Gasteiger partial charge in [0.15, 0.2) is 11.5 Å². The van der Waals surface area contributed by atoms with Gasteiger partial charge in [-0.15, -0.1) is 0 Å². The Labute approximate surface area is 167 Å². The van der Waals surface area contributed by atoms with Crippen LogP contribution in [0.15, 0.2) is 36.4 Å². The van der Waals surface area contributed by atoms with Crippen LogP contribution >= 0.6 is 11.6 Å². The largest absolute Gasteiger partial charge is 0.490 e. The number of rotatable bonds is 9. The number of benzene rings is 2. The summed E-state index contributed by atoms with van der Waals surface area (Å²) in [6.07, 6.45) is 0.744. The van der Waals surface area contributed by atoms with Crippen molar-refractivity contribution in [2.24, 2.45) is 5.73 Å². The van der Waals surface area contributed by atoms with Gasteiger partial charge in [-0.2, -0.15) is 0 Å². The lowest BCUT2D eigenvalue weighted by Gasteiger charge is -2.19. The van der Waals surface area contributed by atoms with Gasteiger partial charge in [-0.05, 0) is 60.7 Å². The Bertz CT molecular complexity index is 724. The summed E-state index contributed by atoms with van der Waals surface area (Å²) in [5, 5.41) is 0.527.